The van der Waals surface area contributed by atoms with E-state index in [9.17, 15) is 9.59 Å². The molecule has 3 rings (SSSR count). The maximum atomic E-state index is 13.6. The largest absolute Gasteiger partial charge is 0.466 e. The summed E-state index contributed by atoms with van der Waals surface area (Å²) in [6.45, 7) is 15.2. The Morgan fingerprint density at radius 1 is 1.33 bits per heavy atom. The summed E-state index contributed by atoms with van der Waals surface area (Å²) in [5, 5.41) is 4.54. The van der Waals surface area contributed by atoms with Gasteiger partial charge in [-0.25, -0.2) is 0 Å². The van der Waals surface area contributed by atoms with Gasteiger partial charge in [-0.3, -0.25) is 14.3 Å². The minimum Gasteiger partial charge on any atom is -0.466 e. The van der Waals surface area contributed by atoms with Gasteiger partial charge in [0.15, 0.2) is 5.79 Å². The molecule has 1 aliphatic carbocycles. The van der Waals surface area contributed by atoms with Gasteiger partial charge in [-0.05, 0) is 66.9 Å². The van der Waals surface area contributed by atoms with Crippen LogP contribution in [0.5, 0.6) is 0 Å². The van der Waals surface area contributed by atoms with Gasteiger partial charge in [0.25, 0.3) is 5.91 Å². The first-order valence-corrected chi connectivity index (χ1v) is 10.8. The first-order valence-electron chi connectivity index (χ1n) is 10.8. The molecule has 1 aromatic heterocycles. The third-order valence-electron chi connectivity index (χ3n) is 5.43. The molecule has 1 aromatic rings. The van der Waals surface area contributed by atoms with Gasteiger partial charge in [0.1, 0.15) is 11.8 Å². The number of nitrogens with zero attached hydrogens (tertiary/aromatic N) is 3. The molecule has 168 valence electrons. The third-order valence-corrected chi connectivity index (χ3v) is 5.43. The molecule has 1 saturated carbocycles. The maximum absolute atomic E-state index is 13.6. The Morgan fingerprint density at radius 3 is 2.60 bits per heavy atom. The number of rotatable bonds is 7. The zero-order valence-corrected chi connectivity index (χ0v) is 19.2. The Labute approximate surface area is 178 Å². The normalized spacial score (nSPS) is 25.2. The molecule has 1 amide bonds. The molecular weight excluding hydrogens is 386 g/mol. The van der Waals surface area contributed by atoms with Crippen LogP contribution < -0.4 is 0 Å². The minimum absolute atomic E-state index is 0.103. The molecule has 0 radical (unpaired) electrons. The van der Waals surface area contributed by atoms with E-state index >= 15 is 0 Å². The zero-order valence-electron chi connectivity index (χ0n) is 19.2. The summed E-state index contributed by atoms with van der Waals surface area (Å²) in [5.41, 5.74) is 1.02. The Kier molecular flexibility index (Phi) is 6.30. The fourth-order valence-electron chi connectivity index (χ4n) is 3.93. The molecule has 0 bridgehead atoms. The van der Waals surface area contributed by atoms with Gasteiger partial charge in [0.2, 0.25) is 0 Å². The van der Waals surface area contributed by atoms with Crippen LogP contribution in [0.4, 0.5) is 0 Å². The molecule has 2 aliphatic rings. The highest BCUT2D eigenvalue weighted by atomic mass is 16.7. The van der Waals surface area contributed by atoms with E-state index in [0.29, 0.717) is 32.0 Å². The van der Waals surface area contributed by atoms with Gasteiger partial charge in [0.05, 0.1) is 30.4 Å². The number of hydrogen-bond acceptors (Lipinski definition) is 6. The van der Waals surface area contributed by atoms with E-state index in [4.69, 9.17) is 14.2 Å². The lowest BCUT2D eigenvalue weighted by Crippen LogP contribution is -2.42. The number of carbonyl (C=O) groups is 2. The lowest BCUT2D eigenvalue weighted by atomic mass is 10.1. The van der Waals surface area contributed by atoms with Crippen LogP contribution in [0.3, 0.4) is 0 Å². The van der Waals surface area contributed by atoms with Crippen LogP contribution in [0.1, 0.15) is 64.1 Å². The number of hydrogen-bond donors (Lipinski definition) is 0. The molecule has 3 atom stereocenters. The Morgan fingerprint density at radius 2 is 2.03 bits per heavy atom. The number of ether oxygens (including phenoxy) is 3. The SMILES string of the molecule is CCOC(=O)[C@H]1C[C@H]1CN(C[C@@H]1COC(C)(C)O1)C(=O)c1cc(C)nn1C(C)(C)C. The second-order valence-electron chi connectivity index (χ2n) is 9.77. The highest BCUT2D eigenvalue weighted by Crippen LogP contribution is 2.40. The molecule has 2 fully saturated rings. The molecule has 1 saturated heterocycles. The predicted molar refractivity (Wildman–Crippen MR) is 111 cm³/mol. The lowest BCUT2D eigenvalue weighted by Gasteiger charge is -2.28. The number of amides is 1. The van der Waals surface area contributed by atoms with Crippen molar-refractivity contribution in [1.29, 1.82) is 0 Å². The Bertz CT molecular complexity index is 795. The van der Waals surface area contributed by atoms with Gasteiger partial charge in [-0.2, -0.15) is 5.10 Å². The summed E-state index contributed by atoms with van der Waals surface area (Å²) < 4.78 is 18.6. The van der Waals surface area contributed by atoms with Gasteiger partial charge in [-0.15, -0.1) is 0 Å². The Balaban J connectivity index is 1.79. The molecule has 0 aromatic carbocycles. The minimum atomic E-state index is -0.657. The maximum Gasteiger partial charge on any atom is 0.309 e. The average molecular weight is 422 g/mol. The van der Waals surface area contributed by atoms with Crippen molar-refractivity contribution < 1.29 is 23.8 Å². The van der Waals surface area contributed by atoms with E-state index in [0.717, 1.165) is 12.1 Å². The van der Waals surface area contributed by atoms with Gasteiger partial charge < -0.3 is 19.1 Å². The zero-order chi connectivity index (χ0) is 22.3. The summed E-state index contributed by atoms with van der Waals surface area (Å²) in [6, 6.07) is 1.83. The fraction of sp³-hybridized carbons (Fsp3) is 0.773. The molecule has 2 heterocycles. The fourth-order valence-corrected chi connectivity index (χ4v) is 3.93. The molecule has 8 nitrogen and oxygen atoms in total. The van der Waals surface area contributed by atoms with Crippen molar-refractivity contribution in [3.05, 3.63) is 17.5 Å². The summed E-state index contributed by atoms with van der Waals surface area (Å²) in [5.74, 6) is -0.960. The van der Waals surface area contributed by atoms with E-state index in [1.165, 1.54) is 0 Å². The van der Waals surface area contributed by atoms with Gasteiger partial charge in [0, 0.05) is 13.1 Å². The average Bonchev–Trinajstić information content (AvgIpc) is 3.15. The predicted octanol–water partition coefficient (Wildman–Crippen LogP) is 2.74. The Hall–Kier alpha value is -1.93. The number of esters is 1. The second kappa shape index (κ2) is 8.30. The van der Waals surface area contributed by atoms with E-state index in [2.05, 4.69) is 5.10 Å². The van der Waals surface area contributed by atoms with Crippen molar-refractivity contribution in [1.82, 2.24) is 14.7 Å². The highest BCUT2D eigenvalue weighted by molar-refractivity contribution is 5.93. The van der Waals surface area contributed by atoms with E-state index in [1.54, 1.807) is 16.5 Å². The summed E-state index contributed by atoms with van der Waals surface area (Å²) in [7, 11) is 0. The lowest BCUT2D eigenvalue weighted by molar-refractivity contribution is -0.145. The number of carbonyl (C=O) groups excluding carboxylic acids is 2. The van der Waals surface area contributed by atoms with Crippen LogP contribution in [0.2, 0.25) is 0 Å². The van der Waals surface area contributed by atoms with Crippen LogP contribution in [0.15, 0.2) is 6.07 Å². The van der Waals surface area contributed by atoms with E-state index in [1.807, 2.05) is 47.6 Å². The third kappa shape index (κ3) is 5.21. The number of aryl methyl sites for hydroxylation is 1. The van der Waals surface area contributed by atoms with Crippen molar-refractivity contribution in [2.45, 2.75) is 72.3 Å². The van der Waals surface area contributed by atoms with E-state index < -0.39 is 5.79 Å². The molecule has 8 heteroatoms. The number of aromatic nitrogens is 2. The van der Waals surface area contributed by atoms with Gasteiger partial charge in [-0.1, -0.05) is 0 Å². The highest BCUT2D eigenvalue weighted by Gasteiger charge is 2.46. The molecular formula is C22H35N3O5. The summed E-state index contributed by atoms with van der Waals surface area (Å²) in [4.78, 5) is 27.5. The van der Waals surface area contributed by atoms with E-state index in [-0.39, 0.29) is 35.4 Å². The van der Waals surface area contributed by atoms with Crippen LogP contribution >= 0.6 is 0 Å². The van der Waals surface area contributed by atoms with Crippen LogP contribution in [-0.2, 0) is 24.5 Å². The first-order chi connectivity index (χ1) is 13.9. The van der Waals surface area contributed by atoms with Crippen LogP contribution in [0, 0.1) is 18.8 Å². The quantitative estimate of drug-likeness (QED) is 0.630. The van der Waals surface area contributed by atoms with Crippen molar-refractivity contribution in [2.75, 3.05) is 26.3 Å². The smallest absolute Gasteiger partial charge is 0.309 e. The summed E-state index contributed by atoms with van der Waals surface area (Å²) >= 11 is 0. The molecule has 0 unspecified atom stereocenters. The standard InChI is InChI=1S/C22H35N3O5/c1-8-28-20(27)17-10-15(17)11-24(12-16-13-29-22(6,7)30-16)19(26)18-9-14(2)23-25(18)21(3,4)5/h9,15-17H,8,10-13H2,1-7H3/t15-,16+,17-/m0/s1. The molecule has 1 aliphatic heterocycles. The first kappa shape index (κ1) is 22.7. The molecule has 0 spiro atoms. The van der Waals surface area contributed by atoms with Crippen molar-refractivity contribution >= 4 is 11.9 Å². The molecule has 30 heavy (non-hydrogen) atoms. The monoisotopic (exact) mass is 421 g/mol. The molecule has 0 N–H and O–H groups in total. The van der Waals surface area contributed by atoms with Crippen molar-refractivity contribution in [2.24, 2.45) is 11.8 Å². The van der Waals surface area contributed by atoms with Crippen molar-refractivity contribution in [3.8, 4) is 0 Å². The van der Waals surface area contributed by atoms with Crippen molar-refractivity contribution in [3.63, 3.8) is 0 Å². The van der Waals surface area contributed by atoms with Crippen LogP contribution in [0.25, 0.3) is 0 Å². The summed E-state index contributed by atoms with van der Waals surface area (Å²) in [6.07, 6.45) is 0.532. The van der Waals surface area contributed by atoms with Gasteiger partial charge >= 0.3 is 5.97 Å². The van der Waals surface area contributed by atoms with Crippen LogP contribution in [-0.4, -0.2) is 64.8 Å². The second-order valence-corrected chi connectivity index (χ2v) is 9.77. The topological polar surface area (TPSA) is 82.9 Å².